The van der Waals surface area contributed by atoms with E-state index in [0.717, 1.165) is 16.3 Å². The lowest BCUT2D eigenvalue weighted by molar-refractivity contribution is -0.142. The molecule has 10 nitrogen and oxygen atoms in total. The fraction of sp³-hybridized carbons (Fsp3) is 0.182. The Morgan fingerprint density at radius 1 is 1.17 bits per heavy atom. The summed E-state index contributed by atoms with van der Waals surface area (Å²) in [7, 11) is 0. The van der Waals surface area contributed by atoms with Crippen molar-refractivity contribution in [3.8, 4) is 11.5 Å². The van der Waals surface area contributed by atoms with Gasteiger partial charge in [-0.3, -0.25) is 9.78 Å². The van der Waals surface area contributed by atoms with Gasteiger partial charge >= 0.3 is 18.0 Å². The molecule has 0 bridgehead atoms. The standard InChI is InChI=1S/C22H15F3N8O2/c23-22(24,25)16-5-1-4-13-9-15(31-33(13)16)18-17-14(27-11-28-17)6-8-32(18)21(34)20-30-29-19(35-20)12-3-2-7-26-10-12/h1-5,7,9-11,18H,6,8H2,(H,27,28)/t18-/m1/s1. The highest BCUT2D eigenvalue weighted by Crippen LogP contribution is 2.36. The Morgan fingerprint density at radius 2 is 2.06 bits per heavy atom. The molecular formula is C22H15F3N8O2. The van der Waals surface area contributed by atoms with Crippen LogP contribution in [0.1, 0.15) is 39.5 Å². The molecule has 1 N–H and O–H groups in total. The normalized spacial score (nSPS) is 16.0. The van der Waals surface area contributed by atoms with Gasteiger partial charge in [-0.15, -0.1) is 10.2 Å². The maximum Gasteiger partial charge on any atom is 0.433 e. The summed E-state index contributed by atoms with van der Waals surface area (Å²) in [6.45, 7) is 0.239. The monoisotopic (exact) mass is 480 g/mol. The van der Waals surface area contributed by atoms with Crippen LogP contribution in [0.15, 0.2) is 59.5 Å². The lowest BCUT2D eigenvalue weighted by Gasteiger charge is -2.32. The number of hydrogen-bond acceptors (Lipinski definition) is 7. The fourth-order valence-corrected chi connectivity index (χ4v) is 4.22. The maximum absolute atomic E-state index is 13.6. The van der Waals surface area contributed by atoms with E-state index < -0.39 is 23.8 Å². The molecule has 0 radical (unpaired) electrons. The summed E-state index contributed by atoms with van der Waals surface area (Å²) in [6.07, 6.45) is 0.452. The first kappa shape index (κ1) is 21.0. The van der Waals surface area contributed by atoms with Gasteiger partial charge in [0, 0.05) is 31.1 Å². The quantitative estimate of drug-likeness (QED) is 0.421. The first-order valence-corrected chi connectivity index (χ1v) is 10.5. The molecule has 0 fully saturated rings. The number of amides is 1. The Labute approximate surface area is 194 Å². The molecule has 176 valence electrons. The van der Waals surface area contributed by atoms with Gasteiger partial charge in [0.2, 0.25) is 5.89 Å². The molecule has 1 aliphatic rings. The van der Waals surface area contributed by atoms with Crippen molar-refractivity contribution in [1.82, 2.24) is 39.7 Å². The van der Waals surface area contributed by atoms with E-state index in [1.807, 2.05) is 0 Å². The molecule has 5 aromatic rings. The molecule has 1 aliphatic heterocycles. The van der Waals surface area contributed by atoms with Crippen molar-refractivity contribution in [1.29, 1.82) is 0 Å². The number of imidazole rings is 1. The van der Waals surface area contributed by atoms with Gasteiger partial charge in [0.05, 0.1) is 28.8 Å². The number of aromatic amines is 1. The second kappa shape index (κ2) is 7.75. The number of nitrogens with one attached hydrogen (secondary N) is 1. The van der Waals surface area contributed by atoms with Crippen LogP contribution in [0.25, 0.3) is 17.0 Å². The molecule has 6 rings (SSSR count). The third-order valence-corrected chi connectivity index (χ3v) is 5.78. The predicted molar refractivity (Wildman–Crippen MR) is 113 cm³/mol. The minimum atomic E-state index is -4.60. The molecule has 0 aromatic carbocycles. The number of halogens is 3. The maximum atomic E-state index is 13.6. The smallest absolute Gasteiger partial charge is 0.412 e. The van der Waals surface area contributed by atoms with Crippen LogP contribution in [-0.2, 0) is 12.6 Å². The van der Waals surface area contributed by atoms with Crippen molar-refractivity contribution >= 4 is 11.4 Å². The number of H-pyrrole nitrogens is 1. The molecule has 0 unspecified atom stereocenters. The number of hydrogen-bond donors (Lipinski definition) is 1. The van der Waals surface area contributed by atoms with E-state index >= 15 is 0 Å². The van der Waals surface area contributed by atoms with Gasteiger partial charge in [0.1, 0.15) is 11.7 Å². The molecule has 6 heterocycles. The Balaban J connectivity index is 1.42. The van der Waals surface area contributed by atoms with E-state index in [1.165, 1.54) is 35.6 Å². The number of nitrogens with zero attached hydrogens (tertiary/aromatic N) is 7. The summed E-state index contributed by atoms with van der Waals surface area (Å²) in [6, 6.07) is 7.84. The highest BCUT2D eigenvalue weighted by molar-refractivity contribution is 5.90. The third-order valence-electron chi connectivity index (χ3n) is 5.78. The van der Waals surface area contributed by atoms with Gasteiger partial charge in [0.25, 0.3) is 0 Å². The van der Waals surface area contributed by atoms with Crippen LogP contribution in [0.3, 0.4) is 0 Å². The van der Waals surface area contributed by atoms with Gasteiger partial charge in [-0.1, -0.05) is 6.07 Å². The van der Waals surface area contributed by atoms with Gasteiger partial charge in [-0.05, 0) is 30.3 Å². The molecule has 13 heteroatoms. The van der Waals surface area contributed by atoms with E-state index in [1.54, 1.807) is 18.3 Å². The van der Waals surface area contributed by atoms with Gasteiger partial charge < -0.3 is 14.3 Å². The van der Waals surface area contributed by atoms with Crippen LogP contribution < -0.4 is 0 Å². The molecule has 35 heavy (non-hydrogen) atoms. The number of rotatable bonds is 3. The summed E-state index contributed by atoms with van der Waals surface area (Å²) in [5.41, 5.74) is 1.36. The molecule has 0 spiro atoms. The minimum absolute atomic E-state index is 0.123. The summed E-state index contributed by atoms with van der Waals surface area (Å²) in [4.78, 5) is 26.3. The molecule has 5 aromatic heterocycles. The molecule has 0 saturated heterocycles. The fourth-order valence-electron chi connectivity index (χ4n) is 4.22. The largest absolute Gasteiger partial charge is 0.433 e. The second-order valence-corrected chi connectivity index (χ2v) is 7.89. The van der Waals surface area contributed by atoms with Crippen LogP contribution in [0.2, 0.25) is 0 Å². The third kappa shape index (κ3) is 3.52. The van der Waals surface area contributed by atoms with Gasteiger partial charge in [0.15, 0.2) is 0 Å². The van der Waals surface area contributed by atoms with E-state index in [0.29, 0.717) is 17.7 Å². The highest BCUT2D eigenvalue weighted by Gasteiger charge is 2.39. The zero-order valence-corrected chi connectivity index (χ0v) is 17.8. The van der Waals surface area contributed by atoms with E-state index in [9.17, 15) is 18.0 Å². The topological polar surface area (TPSA) is 118 Å². The van der Waals surface area contributed by atoms with Crippen LogP contribution in [-0.4, -0.2) is 52.1 Å². The molecule has 1 amide bonds. The second-order valence-electron chi connectivity index (χ2n) is 7.89. The molecular weight excluding hydrogens is 465 g/mol. The summed E-state index contributed by atoms with van der Waals surface area (Å²) in [5, 5.41) is 12.1. The van der Waals surface area contributed by atoms with Crippen LogP contribution in [0.5, 0.6) is 0 Å². The lowest BCUT2D eigenvalue weighted by atomic mass is 9.99. The number of carbonyl (C=O) groups is 1. The lowest BCUT2D eigenvalue weighted by Crippen LogP contribution is -2.41. The predicted octanol–water partition coefficient (Wildman–Crippen LogP) is 3.31. The summed E-state index contributed by atoms with van der Waals surface area (Å²) < 4.78 is 47.1. The van der Waals surface area contributed by atoms with Gasteiger partial charge in [-0.2, -0.15) is 18.3 Å². The highest BCUT2D eigenvalue weighted by atomic mass is 19.4. The van der Waals surface area contributed by atoms with E-state index in [4.69, 9.17) is 4.42 Å². The van der Waals surface area contributed by atoms with Crippen molar-refractivity contribution in [2.45, 2.75) is 18.6 Å². The Kier molecular flexibility index (Phi) is 4.65. The van der Waals surface area contributed by atoms with E-state index in [2.05, 4.69) is 30.2 Å². The SMILES string of the molecule is O=C(c1nnc(-c2cccnc2)o1)N1CCc2[nH]cnc2[C@H]1c1cc2cccc(C(F)(F)F)n2n1. The first-order valence-electron chi connectivity index (χ1n) is 10.5. The Hall–Kier alpha value is -4.55. The van der Waals surface area contributed by atoms with Crippen molar-refractivity contribution in [2.24, 2.45) is 0 Å². The zero-order chi connectivity index (χ0) is 24.2. The average molecular weight is 480 g/mol. The number of carbonyl (C=O) groups excluding carboxylic acids is 1. The molecule has 0 saturated carbocycles. The van der Waals surface area contributed by atoms with E-state index in [-0.39, 0.29) is 29.5 Å². The van der Waals surface area contributed by atoms with Crippen LogP contribution in [0.4, 0.5) is 13.2 Å². The Bertz CT molecular complexity index is 1540. The molecule has 0 aliphatic carbocycles. The minimum Gasteiger partial charge on any atom is -0.412 e. The summed E-state index contributed by atoms with van der Waals surface area (Å²) in [5.74, 6) is -0.718. The number of pyridine rings is 2. The van der Waals surface area contributed by atoms with Crippen molar-refractivity contribution < 1.29 is 22.4 Å². The van der Waals surface area contributed by atoms with Gasteiger partial charge in [-0.25, -0.2) is 9.50 Å². The average Bonchev–Trinajstić information content (AvgIpc) is 3.61. The number of fused-ring (bicyclic) bond motifs is 2. The number of alkyl halides is 3. The van der Waals surface area contributed by atoms with Crippen LogP contribution in [0, 0.1) is 0 Å². The van der Waals surface area contributed by atoms with Crippen LogP contribution >= 0.6 is 0 Å². The summed E-state index contributed by atoms with van der Waals surface area (Å²) >= 11 is 0. The Morgan fingerprint density at radius 3 is 2.86 bits per heavy atom. The first-order chi connectivity index (χ1) is 16.9. The van der Waals surface area contributed by atoms with Crippen molar-refractivity contribution in [2.75, 3.05) is 6.54 Å². The van der Waals surface area contributed by atoms with Crippen molar-refractivity contribution in [3.63, 3.8) is 0 Å². The molecule has 1 atom stereocenters. The number of aromatic nitrogens is 7. The zero-order valence-electron chi connectivity index (χ0n) is 17.8. The van der Waals surface area contributed by atoms with Crippen molar-refractivity contribution in [3.05, 3.63) is 83.8 Å².